The van der Waals surface area contributed by atoms with Crippen LogP contribution in [-0.2, 0) is 13.1 Å². The number of anilines is 1. The van der Waals surface area contributed by atoms with Crippen LogP contribution in [0, 0.1) is 5.92 Å². The number of carbonyl (C=O) groups is 1. The van der Waals surface area contributed by atoms with E-state index in [9.17, 15) is 4.79 Å². The van der Waals surface area contributed by atoms with E-state index >= 15 is 0 Å². The Hall–Kier alpha value is -1.99. The summed E-state index contributed by atoms with van der Waals surface area (Å²) in [6.07, 6.45) is 4.27. The minimum atomic E-state index is -0.181. The van der Waals surface area contributed by atoms with E-state index in [4.69, 9.17) is 5.73 Å². The number of aromatic nitrogens is 2. The molecular weight excluding hydrogens is 322 g/mol. The molecular formula is C17H23N5OS. The Bertz CT molecular complexity index is 677. The third-order valence-electron chi connectivity index (χ3n) is 4.33. The monoisotopic (exact) mass is 345 g/mol. The second-order valence-corrected chi connectivity index (χ2v) is 7.15. The minimum absolute atomic E-state index is 0.181. The van der Waals surface area contributed by atoms with Crippen molar-refractivity contribution in [2.24, 2.45) is 11.7 Å². The second-order valence-electron chi connectivity index (χ2n) is 6.21. The summed E-state index contributed by atoms with van der Waals surface area (Å²) in [5.74, 6) is 1.64. The van der Waals surface area contributed by atoms with Crippen LogP contribution in [0.25, 0.3) is 0 Å². The molecule has 1 aliphatic rings. The number of amides is 1. The van der Waals surface area contributed by atoms with E-state index in [1.54, 1.807) is 5.38 Å². The summed E-state index contributed by atoms with van der Waals surface area (Å²) in [5, 5.41) is 5.37. The lowest BCUT2D eigenvalue weighted by Crippen LogP contribution is -2.33. The normalized spacial score (nSPS) is 15.5. The highest BCUT2D eigenvalue weighted by Crippen LogP contribution is 2.21. The molecule has 0 saturated carbocycles. The molecule has 2 aromatic rings. The summed E-state index contributed by atoms with van der Waals surface area (Å²) in [6, 6.07) is 4.06. The zero-order valence-corrected chi connectivity index (χ0v) is 14.7. The maximum absolute atomic E-state index is 12.1. The van der Waals surface area contributed by atoms with Crippen LogP contribution in [-0.4, -0.2) is 29.0 Å². The summed E-state index contributed by atoms with van der Waals surface area (Å²) in [7, 11) is 0. The van der Waals surface area contributed by atoms with Gasteiger partial charge in [-0.05, 0) is 30.4 Å². The highest BCUT2D eigenvalue weighted by atomic mass is 32.1. The SMILES string of the molecule is CC1CCN(c2ccc(CNC(=O)c3csc(CN)n3)cn2)CC1. The van der Waals surface area contributed by atoms with E-state index in [-0.39, 0.29) is 5.91 Å². The Kier molecular flexibility index (Phi) is 5.42. The molecule has 0 aliphatic carbocycles. The summed E-state index contributed by atoms with van der Waals surface area (Å²) >= 11 is 1.40. The number of nitrogens with one attached hydrogen (secondary N) is 1. The molecule has 0 spiro atoms. The topological polar surface area (TPSA) is 84.1 Å². The van der Waals surface area contributed by atoms with Crippen molar-refractivity contribution in [3.8, 4) is 0 Å². The van der Waals surface area contributed by atoms with Gasteiger partial charge in [0.25, 0.3) is 5.91 Å². The number of hydrogen-bond donors (Lipinski definition) is 2. The Morgan fingerprint density at radius 3 is 2.83 bits per heavy atom. The molecule has 128 valence electrons. The average Bonchev–Trinajstić information content (AvgIpc) is 3.10. The van der Waals surface area contributed by atoms with Gasteiger partial charge in [0, 0.05) is 37.8 Å². The number of hydrogen-bond acceptors (Lipinski definition) is 6. The molecule has 1 aliphatic heterocycles. The van der Waals surface area contributed by atoms with E-state index in [0.29, 0.717) is 18.8 Å². The van der Waals surface area contributed by atoms with Crippen molar-refractivity contribution in [1.82, 2.24) is 15.3 Å². The van der Waals surface area contributed by atoms with Crippen molar-refractivity contribution in [2.45, 2.75) is 32.9 Å². The predicted molar refractivity (Wildman–Crippen MR) is 96.0 cm³/mol. The van der Waals surface area contributed by atoms with Crippen molar-refractivity contribution in [3.05, 3.63) is 40.0 Å². The molecule has 2 aromatic heterocycles. The highest BCUT2D eigenvalue weighted by molar-refractivity contribution is 7.09. The largest absolute Gasteiger partial charge is 0.357 e. The number of nitrogens with zero attached hydrogens (tertiary/aromatic N) is 3. The third kappa shape index (κ3) is 4.10. The lowest BCUT2D eigenvalue weighted by Gasteiger charge is -2.31. The maximum Gasteiger partial charge on any atom is 0.271 e. The molecule has 0 bridgehead atoms. The van der Waals surface area contributed by atoms with Crippen LogP contribution in [0.1, 0.15) is 40.8 Å². The van der Waals surface area contributed by atoms with Gasteiger partial charge in [-0.1, -0.05) is 13.0 Å². The number of thiazole rings is 1. The summed E-state index contributed by atoms with van der Waals surface area (Å²) in [5.41, 5.74) is 6.92. The van der Waals surface area contributed by atoms with Crippen LogP contribution in [0.5, 0.6) is 0 Å². The molecule has 7 heteroatoms. The standard InChI is InChI=1S/C17H23N5OS/c1-12-4-6-22(7-5-12)15-3-2-13(9-19-15)10-20-17(23)14-11-24-16(8-18)21-14/h2-3,9,11-12H,4-8,10,18H2,1H3,(H,20,23). The molecule has 0 unspecified atom stereocenters. The first-order valence-corrected chi connectivity index (χ1v) is 9.16. The zero-order chi connectivity index (χ0) is 16.9. The number of rotatable bonds is 5. The molecule has 24 heavy (non-hydrogen) atoms. The van der Waals surface area contributed by atoms with Gasteiger partial charge in [0.1, 0.15) is 16.5 Å². The van der Waals surface area contributed by atoms with Gasteiger partial charge in [0.2, 0.25) is 0 Å². The van der Waals surface area contributed by atoms with Crippen LogP contribution in [0.2, 0.25) is 0 Å². The molecule has 0 radical (unpaired) electrons. The number of pyridine rings is 1. The molecule has 3 N–H and O–H groups in total. The molecule has 6 nitrogen and oxygen atoms in total. The van der Waals surface area contributed by atoms with Gasteiger partial charge in [0.05, 0.1) is 0 Å². The first-order chi connectivity index (χ1) is 11.7. The molecule has 1 fully saturated rings. The van der Waals surface area contributed by atoms with Crippen LogP contribution in [0.4, 0.5) is 5.82 Å². The quantitative estimate of drug-likeness (QED) is 0.867. The summed E-state index contributed by atoms with van der Waals surface area (Å²) in [4.78, 5) is 23.1. The number of carbonyl (C=O) groups excluding carboxylic acids is 1. The first-order valence-electron chi connectivity index (χ1n) is 8.28. The maximum atomic E-state index is 12.1. The van der Waals surface area contributed by atoms with Crippen molar-refractivity contribution in [2.75, 3.05) is 18.0 Å². The molecule has 0 aromatic carbocycles. The van der Waals surface area contributed by atoms with E-state index in [0.717, 1.165) is 35.4 Å². The Morgan fingerprint density at radius 2 is 2.21 bits per heavy atom. The Morgan fingerprint density at radius 1 is 1.42 bits per heavy atom. The van der Waals surface area contributed by atoms with E-state index in [1.807, 2.05) is 18.3 Å². The van der Waals surface area contributed by atoms with E-state index < -0.39 is 0 Å². The van der Waals surface area contributed by atoms with Gasteiger partial charge in [-0.3, -0.25) is 4.79 Å². The van der Waals surface area contributed by atoms with Gasteiger partial charge >= 0.3 is 0 Å². The predicted octanol–water partition coefficient (Wildman–Crippen LogP) is 2.16. The van der Waals surface area contributed by atoms with Gasteiger partial charge in [-0.15, -0.1) is 11.3 Å². The van der Waals surface area contributed by atoms with Crippen LogP contribution in [0.3, 0.4) is 0 Å². The number of nitrogens with two attached hydrogens (primary N) is 1. The summed E-state index contributed by atoms with van der Waals surface area (Å²) < 4.78 is 0. The fraction of sp³-hybridized carbons (Fsp3) is 0.471. The minimum Gasteiger partial charge on any atom is -0.357 e. The van der Waals surface area contributed by atoms with Crippen molar-refractivity contribution in [3.63, 3.8) is 0 Å². The summed E-state index contributed by atoms with van der Waals surface area (Å²) in [6.45, 7) is 5.24. The van der Waals surface area contributed by atoms with E-state index in [1.165, 1.54) is 24.2 Å². The van der Waals surface area contributed by atoms with Gasteiger partial charge in [-0.25, -0.2) is 9.97 Å². The second kappa shape index (κ2) is 7.72. The fourth-order valence-electron chi connectivity index (χ4n) is 2.73. The van der Waals surface area contributed by atoms with Crippen molar-refractivity contribution < 1.29 is 4.79 Å². The average molecular weight is 345 g/mol. The van der Waals surface area contributed by atoms with Crippen LogP contribution < -0.4 is 16.0 Å². The smallest absolute Gasteiger partial charge is 0.271 e. The lowest BCUT2D eigenvalue weighted by molar-refractivity contribution is 0.0946. The number of piperidine rings is 1. The Labute approximate surface area is 146 Å². The zero-order valence-electron chi connectivity index (χ0n) is 13.9. The van der Waals surface area contributed by atoms with Crippen molar-refractivity contribution in [1.29, 1.82) is 0 Å². The first kappa shape index (κ1) is 16.9. The van der Waals surface area contributed by atoms with Crippen molar-refractivity contribution >= 4 is 23.1 Å². The van der Waals surface area contributed by atoms with Crippen LogP contribution in [0.15, 0.2) is 23.7 Å². The Balaban J connectivity index is 1.53. The van der Waals surface area contributed by atoms with Gasteiger partial charge in [-0.2, -0.15) is 0 Å². The van der Waals surface area contributed by atoms with Crippen LogP contribution >= 0.6 is 11.3 Å². The fourth-order valence-corrected chi connectivity index (χ4v) is 3.38. The molecule has 3 rings (SSSR count). The van der Waals surface area contributed by atoms with Gasteiger partial charge < -0.3 is 16.0 Å². The highest BCUT2D eigenvalue weighted by Gasteiger charge is 2.16. The third-order valence-corrected chi connectivity index (χ3v) is 5.20. The molecule has 1 saturated heterocycles. The van der Waals surface area contributed by atoms with Gasteiger partial charge in [0.15, 0.2) is 0 Å². The molecule has 0 atom stereocenters. The van der Waals surface area contributed by atoms with E-state index in [2.05, 4.69) is 27.1 Å². The molecule has 1 amide bonds. The lowest BCUT2D eigenvalue weighted by atomic mass is 9.99. The molecule has 3 heterocycles.